The first kappa shape index (κ1) is 11.8. The van der Waals surface area contributed by atoms with Gasteiger partial charge in [-0.25, -0.2) is 4.39 Å². The van der Waals surface area contributed by atoms with Crippen LogP contribution in [0.3, 0.4) is 0 Å². The van der Waals surface area contributed by atoms with Crippen LogP contribution in [-0.2, 0) is 0 Å². The highest BCUT2D eigenvalue weighted by atomic mass is 19.1. The number of hydrogen-bond donors (Lipinski definition) is 1. The molecular weight excluding hydrogens is 217 g/mol. The zero-order chi connectivity index (χ0) is 11.9. The van der Waals surface area contributed by atoms with Crippen LogP contribution >= 0.6 is 0 Å². The third kappa shape index (κ3) is 3.98. The van der Waals surface area contributed by atoms with Gasteiger partial charge in [-0.1, -0.05) is 18.6 Å². The van der Waals surface area contributed by atoms with Crippen molar-refractivity contribution in [2.45, 2.75) is 25.7 Å². The summed E-state index contributed by atoms with van der Waals surface area (Å²) in [5, 5.41) is 4.11. The molecule has 0 spiro atoms. The molecule has 0 atom stereocenters. The lowest BCUT2D eigenvalue weighted by Crippen LogP contribution is -2.17. The summed E-state index contributed by atoms with van der Waals surface area (Å²) in [6.45, 7) is 0.883. The highest BCUT2D eigenvalue weighted by Crippen LogP contribution is 2.06. The van der Waals surface area contributed by atoms with E-state index < -0.39 is 0 Å². The molecule has 90 valence electrons. The van der Waals surface area contributed by atoms with Gasteiger partial charge in [-0.05, 0) is 30.5 Å². The second-order valence-corrected chi connectivity index (χ2v) is 4.06. The van der Waals surface area contributed by atoms with Gasteiger partial charge in [0, 0.05) is 13.0 Å². The molecular formula is C13H16FN3. The number of halogens is 1. The lowest BCUT2D eigenvalue weighted by atomic mass is 10.2. The molecule has 0 amide bonds. The standard InChI is InChI=1S/C13H16FN3/c14-12-7-5-11(6-8-12)10-16-17-13-4-2-1-3-9-15-13/h5-8,10H,1-4,9H2,(H,15,17). The fraction of sp³-hybridized carbons (Fsp3) is 0.385. The molecule has 1 aliphatic rings. The average molecular weight is 233 g/mol. The number of aliphatic imine (C=N–C) groups is 1. The second kappa shape index (κ2) is 6.13. The molecule has 0 aromatic heterocycles. The van der Waals surface area contributed by atoms with E-state index in [1.165, 1.54) is 18.6 Å². The first-order valence-corrected chi connectivity index (χ1v) is 5.92. The summed E-state index contributed by atoms with van der Waals surface area (Å²) in [6, 6.07) is 6.22. The molecule has 2 rings (SSSR count). The minimum atomic E-state index is -0.233. The Morgan fingerprint density at radius 3 is 2.82 bits per heavy atom. The van der Waals surface area contributed by atoms with Crippen LogP contribution in [-0.4, -0.2) is 18.6 Å². The van der Waals surface area contributed by atoms with Gasteiger partial charge in [-0.15, -0.1) is 0 Å². The number of hydrogen-bond acceptors (Lipinski definition) is 3. The molecule has 1 aliphatic heterocycles. The van der Waals surface area contributed by atoms with E-state index >= 15 is 0 Å². The van der Waals surface area contributed by atoms with Crippen LogP contribution in [0.2, 0.25) is 0 Å². The smallest absolute Gasteiger partial charge is 0.123 e. The van der Waals surface area contributed by atoms with Crippen LogP contribution in [0, 0.1) is 5.82 Å². The fourth-order valence-corrected chi connectivity index (χ4v) is 1.70. The van der Waals surface area contributed by atoms with Crippen molar-refractivity contribution in [1.82, 2.24) is 5.43 Å². The molecule has 0 saturated carbocycles. The van der Waals surface area contributed by atoms with Crippen LogP contribution in [0.1, 0.15) is 31.2 Å². The van der Waals surface area contributed by atoms with Gasteiger partial charge in [0.15, 0.2) is 0 Å². The minimum absolute atomic E-state index is 0.233. The number of rotatable bonds is 2. The normalized spacial score (nSPS) is 16.6. The Kier molecular flexibility index (Phi) is 4.24. The highest BCUT2D eigenvalue weighted by Gasteiger charge is 2.01. The Hall–Kier alpha value is -1.71. The van der Waals surface area contributed by atoms with Crippen molar-refractivity contribution in [3.8, 4) is 0 Å². The Morgan fingerprint density at radius 1 is 1.18 bits per heavy atom. The SMILES string of the molecule is Fc1ccc(C=NNC2=NCCCCC2)cc1. The van der Waals surface area contributed by atoms with Gasteiger partial charge in [-0.2, -0.15) is 5.10 Å². The number of benzene rings is 1. The molecule has 17 heavy (non-hydrogen) atoms. The lowest BCUT2D eigenvalue weighted by Gasteiger charge is -2.01. The Morgan fingerprint density at radius 2 is 2.00 bits per heavy atom. The van der Waals surface area contributed by atoms with E-state index in [9.17, 15) is 4.39 Å². The van der Waals surface area contributed by atoms with E-state index in [0.29, 0.717) is 0 Å². The van der Waals surface area contributed by atoms with E-state index in [4.69, 9.17) is 0 Å². The molecule has 0 saturated heterocycles. The number of nitrogens with one attached hydrogen (secondary N) is 1. The summed E-state index contributed by atoms with van der Waals surface area (Å²) in [4.78, 5) is 4.40. The largest absolute Gasteiger partial charge is 0.271 e. The number of nitrogens with zero attached hydrogens (tertiary/aromatic N) is 2. The van der Waals surface area contributed by atoms with Crippen molar-refractivity contribution < 1.29 is 4.39 Å². The number of amidine groups is 1. The quantitative estimate of drug-likeness (QED) is 0.619. The van der Waals surface area contributed by atoms with Crippen molar-refractivity contribution >= 4 is 12.1 Å². The van der Waals surface area contributed by atoms with Crippen LogP contribution in [0.4, 0.5) is 4.39 Å². The van der Waals surface area contributed by atoms with Crippen molar-refractivity contribution in [3.63, 3.8) is 0 Å². The Bertz CT molecular complexity index is 409. The maximum Gasteiger partial charge on any atom is 0.123 e. The maximum atomic E-state index is 12.7. The first-order valence-electron chi connectivity index (χ1n) is 5.92. The van der Waals surface area contributed by atoms with Crippen LogP contribution < -0.4 is 5.43 Å². The minimum Gasteiger partial charge on any atom is -0.271 e. The topological polar surface area (TPSA) is 36.8 Å². The third-order valence-corrected chi connectivity index (χ3v) is 2.65. The van der Waals surface area contributed by atoms with Crippen molar-refractivity contribution in [3.05, 3.63) is 35.6 Å². The molecule has 1 aromatic rings. The van der Waals surface area contributed by atoms with Gasteiger partial charge in [0.05, 0.1) is 6.21 Å². The summed E-state index contributed by atoms with van der Waals surface area (Å²) < 4.78 is 12.7. The van der Waals surface area contributed by atoms with Crippen molar-refractivity contribution in [2.24, 2.45) is 10.1 Å². The third-order valence-electron chi connectivity index (χ3n) is 2.65. The van der Waals surface area contributed by atoms with Crippen LogP contribution in [0.15, 0.2) is 34.4 Å². The predicted molar refractivity (Wildman–Crippen MR) is 67.9 cm³/mol. The van der Waals surface area contributed by atoms with Gasteiger partial charge < -0.3 is 0 Å². The lowest BCUT2D eigenvalue weighted by molar-refractivity contribution is 0.628. The van der Waals surface area contributed by atoms with Crippen molar-refractivity contribution in [1.29, 1.82) is 0 Å². The molecule has 0 aliphatic carbocycles. The predicted octanol–water partition coefficient (Wildman–Crippen LogP) is 2.72. The molecule has 1 N–H and O–H groups in total. The molecule has 1 heterocycles. The van der Waals surface area contributed by atoms with Gasteiger partial charge in [-0.3, -0.25) is 10.4 Å². The van der Waals surface area contributed by atoms with Crippen LogP contribution in [0.5, 0.6) is 0 Å². The monoisotopic (exact) mass is 233 g/mol. The molecule has 0 radical (unpaired) electrons. The summed E-state index contributed by atoms with van der Waals surface area (Å²) in [5.41, 5.74) is 3.82. The van der Waals surface area contributed by atoms with E-state index in [-0.39, 0.29) is 5.82 Å². The number of hydrazone groups is 1. The molecule has 1 aromatic carbocycles. The second-order valence-electron chi connectivity index (χ2n) is 4.06. The van der Waals surface area contributed by atoms with E-state index in [2.05, 4.69) is 15.5 Å². The summed E-state index contributed by atoms with van der Waals surface area (Å²) in [7, 11) is 0. The summed E-state index contributed by atoms with van der Waals surface area (Å²) in [6.07, 6.45) is 6.19. The van der Waals surface area contributed by atoms with E-state index in [1.54, 1.807) is 18.3 Å². The molecule has 0 unspecified atom stereocenters. The summed E-state index contributed by atoms with van der Waals surface area (Å²) >= 11 is 0. The molecule has 3 nitrogen and oxygen atoms in total. The zero-order valence-electron chi connectivity index (χ0n) is 9.69. The average Bonchev–Trinajstić information content (AvgIpc) is 2.60. The molecule has 0 fully saturated rings. The van der Waals surface area contributed by atoms with Gasteiger partial charge >= 0.3 is 0 Å². The summed E-state index contributed by atoms with van der Waals surface area (Å²) in [5.74, 6) is 0.712. The Labute approximate surface area is 100 Å². The van der Waals surface area contributed by atoms with E-state index in [0.717, 1.165) is 37.2 Å². The van der Waals surface area contributed by atoms with Crippen molar-refractivity contribution in [2.75, 3.05) is 6.54 Å². The van der Waals surface area contributed by atoms with Gasteiger partial charge in [0.1, 0.15) is 11.7 Å². The fourth-order valence-electron chi connectivity index (χ4n) is 1.70. The van der Waals surface area contributed by atoms with Gasteiger partial charge in [0.25, 0.3) is 0 Å². The van der Waals surface area contributed by atoms with E-state index in [1.807, 2.05) is 0 Å². The maximum absolute atomic E-state index is 12.7. The molecule has 4 heteroatoms. The molecule has 0 bridgehead atoms. The van der Waals surface area contributed by atoms with Crippen LogP contribution in [0.25, 0.3) is 0 Å². The first-order chi connectivity index (χ1) is 8.34. The van der Waals surface area contributed by atoms with Gasteiger partial charge in [0.2, 0.25) is 0 Å². The zero-order valence-corrected chi connectivity index (χ0v) is 9.69. The highest BCUT2D eigenvalue weighted by molar-refractivity contribution is 5.85. The Balaban J connectivity index is 1.88.